The lowest BCUT2D eigenvalue weighted by atomic mass is 10.1. The number of nitrogen functional groups attached to an aromatic ring is 1. The van der Waals surface area contributed by atoms with Crippen LogP contribution in [0.25, 0.3) is 11.5 Å². The molecule has 19 heavy (non-hydrogen) atoms. The summed E-state index contributed by atoms with van der Waals surface area (Å²) in [5, 5.41) is 0. The number of hydrogen-bond acceptors (Lipinski definition) is 3. The molecule has 2 aromatic carbocycles. The summed E-state index contributed by atoms with van der Waals surface area (Å²) < 4.78 is 5.51. The monoisotopic (exact) mass is 250 g/mol. The Morgan fingerprint density at radius 1 is 0.947 bits per heavy atom. The highest BCUT2D eigenvalue weighted by molar-refractivity contribution is 5.70. The van der Waals surface area contributed by atoms with E-state index in [1.54, 1.807) is 6.26 Å². The second-order valence-electron chi connectivity index (χ2n) is 4.39. The van der Waals surface area contributed by atoms with Crippen LogP contribution in [0.1, 0.15) is 11.3 Å². The number of oxazole rings is 1. The zero-order valence-electron chi connectivity index (χ0n) is 10.4. The van der Waals surface area contributed by atoms with Crippen LogP contribution in [0.3, 0.4) is 0 Å². The predicted molar refractivity (Wildman–Crippen MR) is 75.6 cm³/mol. The average molecular weight is 250 g/mol. The van der Waals surface area contributed by atoms with Gasteiger partial charge in [0.2, 0.25) is 5.89 Å². The molecule has 0 spiro atoms. The van der Waals surface area contributed by atoms with E-state index < -0.39 is 0 Å². The van der Waals surface area contributed by atoms with Gasteiger partial charge >= 0.3 is 0 Å². The molecule has 3 aromatic rings. The maximum absolute atomic E-state index is 5.91. The van der Waals surface area contributed by atoms with Crippen LogP contribution in [-0.4, -0.2) is 4.98 Å². The van der Waals surface area contributed by atoms with Crippen LogP contribution in [-0.2, 0) is 6.42 Å². The highest BCUT2D eigenvalue weighted by Crippen LogP contribution is 2.25. The van der Waals surface area contributed by atoms with Crippen LogP contribution in [0.4, 0.5) is 5.69 Å². The molecule has 0 saturated heterocycles. The molecule has 94 valence electrons. The van der Waals surface area contributed by atoms with Crippen LogP contribution >= 0.6 is 0 Å². The largest absolute Gasteiger partial charge is 0.444 e. The van der Waals surface area contributed by atoms with Crippen molar-refractivity contribution in [3.63, 3.8) is 0 Å². The minimum Gasteiger partial charge on any atom is -0.444 e. The number of hydrogen-bond donors (Lipinski definition) is 1. The quantitative estimate of drug-likeness (QED) is 0.724. The fraction of sp³-hybridized carbons (Fsp3) is 0.0625. The van der Waals surface area contributed by atoms with Crippen LogP contribution in [0.5, 0.6) is 0 Å². The maximum atomic E-state index is 5.91. The van der Waals surface area contributed by atoms with Crippen molar-refractivity contribution in [1.29, 1.82) is 0 Å². The number of nitrogens with zero attached hydrogens (tertiary/aromatic N) is 1. The fourth-order valence-electron chi connectivity index (χ4n) is 2.01. The molecule has 1 heterocycles. The number of anilines is 1. The Kier molecular flexibility index (Phi) is 3.02. The first kappa shape index (κ1) is 11.5. The van der Waals surface area contributed by atoms with Gasteiger partial charge in [0.1, 0.15) is 6.26 Å². The van der Waals surface area contributed by atoms with Crippen molar-refractivity contribution in [1.82, 2.24) is 4.98 Å². The molecule has 0 fully saturated rings. The highest BCUT2D eigenvalue weighted by atomic mass is 16.3. The standard InChI is InChI=1S/C16H14N2O/c17-15-9-5-4-8-14(15)16-18-13(11-19-16)10-12-6-2-1-3-7-12/h1-9,11H,10,17H2. The average Bonchev–Trinajstić information content (AvgIpc) is 2.89. The van der Waals surface area contributed by atoms with Crippen molar-refractivity contribution in [2.75, 3.05) is 5.73 Å². The molecule has 2 N–H and O–H groups in total. The molecule has 0 unspecified atom stereocenters. The van der Waals surface area contributed by atoms with E-state index in [1.165, 1.54) is 5.56 Å². The van der Waals surface area contributed by atoms with E-state index in [0.29, 0.717) is 11.6 Å². The summed E-state index contributed by atoms with van der Waals surface area (Å²) in [5.74, 6) is 0.573. The molecule has 3 heteroatoms. The maximum Gasteiger partial charge on any atom is 0.228 e. The van der Waals surface area contributed by atoms with Gasteiger partial charge in [-0.1, -0.05) is 42.5 Å². The van der Waals surface area contributed by atoms with Crippen molar-refractivity contribution < 1.29 is 4.42 Å². The van der Waals surface area contributed by atoms with Crippen LogP contribution < -0.4 is 5.73 Å². The smallest absolute Gasteiger partial charge is 0.228 e. The first-order valence-electron chi connectivity index (χ1n) is 6.16. The first-order chi connectivity index (χ1) is 9.33. The van der Waals surface area contributed by atoms with Crippen molar-refractivity contribution in [2.45, 2.75) is 6.42 Å². The minimum absolute atomic E-state index is 0.573. The molecule has 0 aliphatic carbocycles. The Labute approximate surface area is 111 Å². The van der Waals surface area contributed by atoms with E-state index >= 15 is 0 Å². The Morgan fingerprint density at radius 3 is 2.47 bits per heavy atom. The van der Waals surface area contributed by atoms with Gasteiger partial charge in [-0.15, -0.1) is 0 Å². The Hall–Kier alpha value is -2.55. The normalized spacial score (nSPS) is 10.5. The molecular formula is C16H14N2O. The van der Waals surface area contributed by atoms with Crippen LogP contribution in [0.2, 0.25) is 0 Å². The predicted octanol–water partition coefficient (Wildman–Crippen LogP) is 3.51. The van der Waals surface area contributed by atoms with Gasteiger partial charge in [0.05, 0.1) is 11.3 Å². The second-order valence-corrected chi connectivity index (χ2v) is 4.39. The Bertz CT molecular complexity index is 674. The third kappa shape index (κ3) is 2.50. The Balaban J connectivity index is 1.86. The number of aromatic nitrogens is 1. The van der Waals surface area contributed by atoms with Gasteiger partial charge in [0.25, 0.3) is 0 Å². The van der Waals surface area contributed by atoms with E-state index in [2.05, 4.69) is 17.1 Å². The zero-order valence-corrected chi connectivity index (χ0v) is 10.4. The Morgan fingerprint density at radius 2 is 1.68 bits per heavy atom. The van der Waals surface area contributed by atoms with E-state index in [1.807, 2.05) is 42.5 Å². The van der Waals surface area contributed by atoms with Crippen LogP contribution in [0, 0.1) is 0 Å². The topological polar surface area (TPSA) is 52.0 Å². The molecule has 0 amide bonds. The van der Waals surface area contributed by atoms with Gasteiger partial charge in [-0.3, -0.25) is 0 Å². The van der Waals surface area contributed by atoms with Gasteiger partial charge in [0.15, 0.2) is 0 Å². The molecule has 3 nitrogen and oxygen atoms in total. The van der Waals surface area contributed by atoms with Crippen LogP contribution in [0.15, 0.2) is 65.3 Å². The molecule has 0 aliphatic rings. The van der Waals surface area contributed by atoms with Gasteiger partial charge in [0, 0.05) is 12.1 Å². The van der Waals surface area contributed by atoms with E-state index in [9.17, 15) is 0 Å². The summed E-state index contributed by atoms with van der Waals surface area (Å²) in [7, 11) is 0. The molecule has 0 saturated carbocycles. The fourth-order valence-corrected chi connectivity index (χ4v) is 2.01. The summed E-state index contributed by atoms with van der Waals surface area (Å²) in [6.45, 7) is 0. The molecule has 1 aromatic heterocycles. The third-order valence-electron chi connectivity index (χ3n) is 2.97. The van der Waals surface area contributed by atoms with Crippen molar-refractivity contribution >= 4 is 5.69 Å². The lowest BCUT2D eigenvalue weighted by Crippen LogP contribution is -1.91. The summed E-state index contributed by atoms with van der Waals surface area (Å²) in [6, 6.07) is 17.8. The van der Waals surface area contributed by atoms with Crippen molar-refractivity contribution in [3.05, 3.63) is 72.1 Å². The summed E-state index contributed by atoms with van der Waals surface area (Å²) >= 11 is 0. The molecule has 0 aliphatic heterocycles. The summed E-state index contributed by atoms with van der Waals surface area (Å²) in [4.78, 5) is 4.49. The lowest BCUT2D eigenvalue weighted by molar-refractivity contribution is 0.573. The third-order valence-corrected chi connectivity index (χ3v) is 2.97. The number of rotatable bonds is 3. The van der Waals surface area contributed by atoms with Crippen molar-refractivity contribution in [3.8, 4) is 11.5 Å². The number of benzene rings is 2. The number of nitrogens with two attached hydrogens (primary N) is 1. The first-order valence-corrected chi connectivity index (χ1v) is 6.16. The van der Waals surface area contributed by atoms with E-state index in [0.717, 1.165) is 17.7 Å². The molecule has 0 bridgehead atoms. The van der Waals surface area contributed by atoms with Gasteiger partial charge in [-0.25, -0.2) is 4.98 Å². The number of para-hydroxylation sites is 1. The highest BCUT2D eigenvalue weighted by Gasteiger charge is 2.09. The molecule has 0 radical (unpaired) electrons. The molecule has 0 atom stereocenters. The van der Waals surface area contributed by atoms with Gasteiger partial charge < -0.3 is 10.2 Å². The molecular weight excluding hydrogens is 236 g/mol. The zero-order chi connectivity index (χ0) is 13.1. The van der Waals surface area contributed by atoms with E-state index in [4.69, 9.17) is 10.2 Å². The molecule has 3 rings (SSSR count). The van der Waals surface area contributed by atoms with Gasteiger partial charge in [-0.2, -0.15) is 0 Å². The van der Waals surface area contributed by atoms with E-state index in [-0.39, 0.29) is 0 Å². The van der Waals surface area contributed by atoms with Crippen molar-refractivity contribution in [2.24, 2.45) is 0 Å². The van der Waals surface area contributed by atoms with Gasteiger partial charge in [-0.05, 0) is 17.7 Å². The minimum atomic E-state index is 0.573. The lowest BCUT2D eigenvalue weighted by Gasteiger charge is -1.99. The summed E-state index contributed by atoms with van der Waals surface area (Å²) in [6.07, 6.45) is 2.45. The second kappa shape index (κ2) is 4.98. The summed E-state index contributed by atoms with van der Waals surface area (Å²) in [5.41, 5.74) is 9.54. The SMILES string of the molecule is Nc1ccccc1-c1nc(Cc2ccccc2)co1.